The highest BCUT2D eigenvalue weighted by molar-refractivity contribution is 5.81. The van der Waals surface area contributed by atoms with Gasteiger partial charge in [0.1, 0.15) is 6.04 Å². The molecule has 0 heterocycles. The summed E-state index contributed by atoms with van der Waals surface area (Å²) in [4.78, 5) is 21.8. The van der Waals surface area contributed by atoms with Gasteiger partial charge >= 0.3 is 11.9 Å². The first-order valence-corrected chi connectivity index (χ1v) is 5.30. The van der Waals surface area contributed by atoms with E-state index in [1.807, 2.05) is 6.07 Å². The molecule has 0 amide bonds. The normalized spacial score (nSPS) is 28.4. The smallest absolute Gasteiger partial charge is 0.320 e. The van der Waals surface area contributed by atoms with Gasteiger partial charge in [0.25, 0.3) is 0 Å². The summed E-state index contributed by atoms with van der Waals surface area (Å²) in [6, 6.07) is 7.91. The molecule has 0 aromatic heterocycles. The van der Waals surface area contributed by atoms with Crippen molar-refractivity contribution in [2.75, 3.05) is 0 Å². The van der Waals surface area contributed by atoms with E-state index in [0.717, 1.165) is 5.56 Å². The second-order valence-electron chi connectivity index (χ2n) is 4.24. The Bertz CT molecular complexity index is 445. The minimum Gasteiger partial charge on any atom is -0.481 e. The van der Waals surface area contributed by atoms with Gasteiger partial charge in [0.2, 0.25) is 0 Å². The monoisotopic (exact) mass is 235 g/mol. The molecule has 4 atom stereocenters. The Morgan fingerprint density at radius 2 is 1.76 bits per heavy atom. The van der Waals surface area contributed by atoms with Crippen LogP contribution in [0.5, 0.6) is 0 Å². The van der Waals surface area contributed by atoms with Crippen LogP contribution in [0.2, 0.25) is 0 Å². The van der Waals surface area contributed by atoms with Gasteiger partial charge in [-0.1, -0.05) is 30.3 Å². The molecule has 1 aliphatic rings. The van der Waals surface area contributed by atoms with E-state index in [1.165, 1.54) is 0 Å². The summed E-state index contributed by atoms with van der Waals surface area (Å²) in [6.07, 6.45) is 0. The Morgan fingerprint density at radius 1 is 1.18 bits per heavy atom. The van der Waals surface area contributed by atoms with Crippen molar-refractivity contribution in [1.82, 2.24) is 0 Å². The number of carboxylic acid groups (broad SMARTS) is 2. The molecular formula is C12H13NO4. The quantitative estimate of drug-likeness (QED) is 0.706. The Labute approximate surface area is 97.9 Å². The van der Waals surface area contributed by atoms with E-state index in [4.69, 9.17) is 15.9 Å². The van der Waals surface area contributed by atoms with Gasteiger partial charge in [0, 0.05) is 11.8 Å². The second-order valence-corrected chi connectivity index (χ2v) is 4.24. The molecular weight excluding hydrogens is 222 g/mol. The largest absolute Gasteiger partial charge is 0.481 e. The summed E-state index contributed by atoms with van der Waals surface area (Å²) < 4.78 is 0. The van der Waals surface area contributed by atoms with Crippen molar-refractivity contribution in [2.24, 2.45) is 17.6 Å². The second kappa shape index (κ2) is 4.18. The molecule has 0 saturated heterocycles. The first-order valence-electron chi connectivity index (χ1n) is 5.30. The van der Waals surface area contributed by atoms with Gasteiger partial charge in [0.05, 0.1) is 5.92 Å². The van der Waals surface area contributed by atoms with Crippen LogP contribution < -0.4 is 5.73 Å². The fraction of sp³-hybridized carbons (Fsp3) is 0.333. The van der Waals surface area contributed by atoms with Crippen LogP contribution in [0.15, 0.2) is 30.3 Å². The summed E-state index contributed by atoms with van der Waals surface area (Å²) >= 11 is 0. The molecule has 5 heteroatoms. The van der Waals surface area contributed by atoms with Crippen molar-refractivity contribution < 1.29 is 19.8 Å². The third-order valence-corrected chi connectivity index (χ3v) is 3.24. The van der Waals surface area contributed by atoms with Gasteiger partial charge in [-0.15, -0.1) is 0 Å². The van der Waals surface area contributed by atoms with Gasteiger partial charge < -0.3 is 15.9 Å². The van der Waals surface area contributed by atoms with Gasteiger partial charge in [-0.05, 0) is 5.56 Å². The summed E-state index contributed by atoms with van der Waals surface area (Å²) in [6.45, 7) is 0. The van der Waals surface area contributed by atoms with E-state index in [0.29, 0.717) is 0 Å². The highest BCUT2D eigenvalue weighted by atomic mass is 16.4. The van der Waals surface area contributed by atoms with Gasteiger partial charge in [-0.25, -0.2) is 0 Å². The van der Waals surface area contributed by atoms with Crippen LogP contribution in [0.3, 0.4) is 0 Å². The minimum atomic E-state index is -1.15. The fourth-order valence-corrected chi connectivity index (χ4v) is 2.37. The van der Waals surface area contributed by atoms with Crippen LogP contribution >= 0.6 is 0 Å². The lowest BCUT2D eigenvalue weighted by molar-refractivity contribution is -0.140. The molecule has 0 radical (unpaired) electrons. The van der Waals surface area contributed by atoms with Crippen LogP contribution in [0.4, 0.5) is 0 Å². The molecule has 1 aromatic rings. The van der Waals surface area contributed by atoms with E-state index in [9.17, 15) is 9.59 Å². The number of nitrogens with two attached hydrogens (primary N) is 1. The predicted molar refractivity (Wildman–Crippen MR) is 59.4 cm³/mol. The highest BCUT2D eigenvalue weighted by Crippen LogP contribution is 2.55. The van der Waals surface area contributed by atoms with Crippen molar-refractivity contribution in [2.45, 2.75) is 12.0 Å². The van der Waals surface area contributed by atoms with Crippen LogP contribution in [-0.4, -0.2) is 28.2 Å². The van der Waals surface area contributed by atoms with E-state index >= 15 is 0 Å². The van der Waals surface area contributed by atoms with Gasteiger partial charge in [-0.2, -0.15) is 0 Å². The molecule has 5 nitrogen and oxygen atoms in total. The summed E-state index contributed by atoms with van der Waals surface area (Å²) in [5, 5.41) is 17.9. The lowest BCUT2D eigenvalue weighted by atomic mass is 10.1. The first-order chi connectivity index (χ1) is 8.04. The molecule has 17 heavy (non-hydrogen) atoms. The van der Waals surface area contributed by atoms with E-state index in [1.54, 1.807) is 24.3 Å². The molecule has 0 spiro atoms. The molecule has 0 aliphatic heterocycles. The Kier molecular flexibility index (Phi) is 2.85. The summed E-state index contributed by atoms with van der Waals surface area (Å²) in [7, 11) is 0. The van der Waals surface area contributed by atoms with E-state index in [-0.39, 0.29) is 5.92 Å². The Morgan fingerprint density at radius 3 is 2.24 bits per heavy atom. The number of hydrogen-bond donors (Lipinski definition) is 3. The van der Waals surface area contributed by atoms with Gasteiger partial charge in [0.15, 0.2) is 0 Å². The summed E-state index contributed by atoms with van der Waals surface area (Å²) in [5.41, 5.74) is 6.35. The van der Waals surface area contributed by atoms with Crippen LogP contribution in [0, 0.1) is 11.8 Å². The third-order valence-electron chi connectivity index (χ3n) is 3.24. The summed E-state index contributed by atoms with van der Waals surface area (Å²) in [5.74, 6) is -3.64. The molecule has 0 bridgehead atoms. The average molecular weight is 235 g/mol. The van der Waals surface area contributed by atoms with Crippen molar-refractivity contribution in [3.63, 3.8) is 0 Å². The maximum Gasteiger partial charge on any atom is 0.320 e. The Balaban J connectivity index is 2.23. The first kappa shape index (κ1) is 11.6. The minimum absolute atomic E-state index is 0.292. The number of hydrogen-bond acceptors (Lipinski definition) is 3. The maximum atomic E-state index is 11.0. The molecule has 2 rings (SSSR count). The SMILES string of the molecule is N[C@@H](C(=O)O)[C@H]1[C@H](C(=O)O)[C@H]1c1ccccc1. The van der Waals surface area contributed by atoms with Crippen LogP contribution in [0.25, 0.3) is 0 Å². The lowest BCUT2D eigenvalue weighted by Crippen LogP contribution is -2.33. The zero-order chi connectivity index (χ0) is 12.6. The molecule has 4 N–H and O–H groups in total. The van der Waals surface area contributed by atoms with E-state index < -0.39 is 29.8 Å². The zero-order valence-electron chi connectivity index (χ0n) is 8.98. The molecule has 90 valence electrons. The molecule has 1 saturated carbocycles. The third kappa shape index (κ3) is 2.01. The average Bonchev–Trinajstić information content (AvgIpc) is 3.04. The zero-order valence-corrected chi connectivity index (χ0v) is 8.98. The van der Waals surface area contributed by atoms with Crippen molar-refractivity contribution >= 4 is 11.9 Å². The van der Waals surface area contributed by atoms with Crippen molar-refractivity contribution in [3.8, 4) is 0 Å². The number of carbonyl (C=O) groups is 2. The van der Waals surface area contributed by atoms with Crippen molar-refractivity contribution in [1.29, 1.82) is 0 Å². The molecule has 0 unspecified atom stereocenters. The van der Waals surface area contributed by atoms with E-state index in [2.05, 4.69) is 0 Å². The lowest BCUT2D eigenvalue weighted by Gasteiger charge is -2.04. The Hall–Kier alpha value is -1.88. The predicted octanol–water partition coefficient (Wildman–Crippen LogP) is 0.513. The number of benzene rings is 1. The maximum absolute atomic E-state index is 11.0. The van der Waals surface area contributed by atoms with Crippen molar-refractivity contribution in [3.05, 3.63) is 35.9 Å². The number of aliphatic carboxylic acids is 2. The highest BCUT2D eigenvalue weighted by Gasteiger charge is 2.59. The number of carboxylic acids is 2. The number of rotatable bonds is 4. The topological polar surface area (TPSA) is 101 Å². The van der Waals surface area contributed by atoms with Crippen LogP contribution in [0.1, 0.15) is 11.5 Å². The van der Waals surface area contributed by atoms with Crippen LogP contribution in [-0.2, 0) is 9.59 Å². The molecule has 1 aliphatic carbocycles. The fourth-order valence-electron chi connectivity index (χ4n) is 2.37. The molecule has 1 fully saturated rings. The standard InChI is InChI=1S/C12H13NO4/c13-10(12(16)17)8-7(9(8)11(14)15)6-4-2-1-3-5-6/h1-5,7-10H,13H2,(H,14,15)(H,16,17)/t7-,8+,9+,10+/m0/s1. The molecule has 1 aromatic carbocycles. The van der Waals surface area contributed by atoms with Gasteiger partial charge in [-0.3, -0.25) is 9.59 Å².